The number of aryl methyl sites for hydroxylation is 1. The summed E-state index contributed by atoms with van der Waals surface area (Å²) in [5, 5.41) is 13.2. The average Bonchev–Trinajstić information content (AvgIpc) is 3.00. The van der Waals surface area contributed by atoms with Crippen LogP contribution in [-0.4, -0.2) is 39.8 Å². The Labute approximate surface area is 144 Å². The van der Waals surface area contributed by atoms with Crippen LogP contribution in [0, 0.1) is 5.41 Å². The molecule has 0 fully saturated rings. The van der Waals surface area contributed by atoms with Gasteiger partial charge >= 0.3 is 0 Å². The van der Waals surface area contributed by atoms with Crippen molar-refractivity contribution in [3.05, 3.63) is 35.7 Å². The second-order valence-electron chi connectivity index (χ2n) is 7.41. The maximum atomic E-state index is 9.10. The lowest BCUT2D eigenvalue weighted by atomic mass is 9.96. The van der Waals surface area contributed by atoms with Crippen LogP contribution in [0.1, 0.15) is 45.6 Å². The molecule has 0 saturated heterocycles. The van der Waals surface area contributed by atoms with Crippen molar-refractivity contribution in [3.8, 4) is 11.4 Å². The van der Waals surface area contributed by atoms with Gasteiger partial charge < -0.3 is 9.63 Å². The van der Waals surface area contributed by atoms with Gasteiger partial charge in [0.2, 0.25) is 11.7 Å². The highest BCUT2D eigenvalue weighted by molar-refractivity contribution is 5.54. The quantitative estimate of drug-likeness (QED) is 0.802. The van der Waals surface area contributed by atoms with Gasteiger partial charge in [0.25, 0.3) is 0 Å². The number of aromatic nitrogens is 2. The molecule has 1 N–H and O–H groups in total. The molecule has 0 bridgehead atoms. The van der Waals surface area contributed by atoms with Gasteiger partial charge in [0.15, 0.2) is 0 Å². The summed E-state index contributed by atoms with van der Waals surface area (Å²) in [4.78, 5) is 6.79. The maximum absolute atomic E-state index is 9.10. The van der Waals surface area contributed by atoms with Crippen LogP contribution in [-0.2, 0) is 13.0 Å². The van der Waals surface area contributed by atoms with Crippen molar-refractivity contribution in [1.82, 2.24) is 15.0 Å². The van der Waals surface area contributed by atoms with E-state index < -0.39 is 0 Å². The van der Waals surface area contributed by atoms with Crippen LogP contribution in [0.15, 0.2) is 28.8 Å². The molecular weight excluding hydrogens is 302 g/mol. The van der Waals surface area contributed by atoms with Crippen molar-refractivity contribution < 1.29 is 9.63 Å². The molecule has 0 spiro atoms. The fourth-order valence-corrected chi connectivity index (χ4v) is 2.70. The fraction of sp³-hybridized carbons (Fsp3) is 0.579. The standard InChI is InChI=1S/C19H29N3O2/c1-5-15-7-9-16(10-8-15)18-20-17(24-21-18)13-22(11-6-12-23)14-19(2,3)4/h7-10,23H,5-6,11-14H2,1-4H3. The first-order valence-electron chi connectivity index (χ1n) is 8.66. The predicted octanol–water partition coefficient (Wildman–Crippen LogP) is 3.53. The van der Waals surface area contributed by atoms with Crippen LogP contribution >= 0.6 is 0 Å². The lowest BCUT2D eigenvalue weighted by Crippen LogP contribution is -2.33. The predicted molar refractivity (Wildman–Crippen MR) is 95.5 cm³/mol. The van der Waals surface area contributed by atoms with Crippen molar-refractivity contribution in [2.24, 2.45) is 5.41 Å². The van der Waals surface area contributed by atoms with Crippen LogP contribution in [0.4, 0.5) is 0 Å². The molecule has 0 amide bonds. The summed E-state index contributed by atoms with van der Waals surface area (Å²) >= 11 is 0. The molecule has 0 aliphatic carbocycles. The number of nitrogens with zero attached hydrogens (tertiary/aromatic N) is 3. The normalized spacial score (nSPS) is 12.1. The van der Waals surface area contributed by atoms with Crippen LogP contribution < -0.4 is 0 Å². The van der Waals surface area contributed by atoms with E-state index in [-0.39, 0.29) is 12.0 Å². The van der Waals surface area contributed by atoms with Crippen LogP contribution in [0.3, 0.4) is 0 Å². The lowest BCUT2D eigenvalue weighted by molar-refractivity contribution is 0.150. The third kappa shape index (κ3) is 5.73. The Bertz CT molecular complexity index is 614. The molecule has 24 heavy (non-hydrogen) atoms. The van der Waals surface area contributed by atoms with Gasteiger partial charge in [-0.2, -0.15) is 4.98 Å². The molecule has 0 saturated carbocycles. The van der Waals surface area contributed by atoms with E-state index in [1.165, 1.54) is 5.56 Å². The second kappa shape index (κ2) is 8.40. The minimum absolute atomic E-state index is 0.175. The Morgan fingerprint density at radius 2 is 1.88 bits per heavy atom. The van der Waals surface area contributed by atoms with E-state index >= 15 is 0 Å². The highest BCUT2D eigenvalue weighted by Crippen LogP contribution is 2.20. The van der Waals surface area contributed by atoms with Crippen LogP contribution in [0.5, 0.6) is 0 Å². The van der Waals surface area contributed by atoms with Crippen molar-refractivity contribution in [3.63, 3.8) is 0 Å². The van der Waals surface area contributed by atoms with Gasteiger partial charge in [-0.15, -0.1) is 0 Å². The highest BCUT2D eigenvalue weighted by Gasteiger charge is 2.19. The molecule has 0 aliphatic rings. The zero-order valence-corrected chi connectivity index (χ0v) is 15.2. The minimum Gasteiger partial charge on any atom is -0.396 e. The van der Waals surface area contributed by atoms with Crippen LogP contribution in [0.2, 0.25) is 0 Å². The molecule has 0 atom stereocenters. The largest absolute Gasteiger partial charge is 0.396 e. The average molecular weight is 331 g/mol. The Morgan fingerprint density at radius 3 is 2.46 bits per heavy atom. The van der Waals surface area contributed by atoms with Crippen LogP contribution in [0.25, 0.3) is 11.4 Å². The Hall–Kier alpha value is -1.72. The van der Waals surface area contributed by atoms with E-state index in [1.54, 1.807) is 0 Å². The third-order valence-corrected chi connectivity index (χ3v) is 3.78. The van der Waals surface area contributed by atoms with E-state index in [9.17, 15) is 0 Å². The molecule has 1 aromatic heterocycles. The zero-order valence-electron chi connectivity index (χ0n) is 15.2. The summed E-state index contributed by atoms with van der Waals surface area (Å²) in [5.41, 5.74) is 2.44. The SMILES string of the molecule is CCc1ccc(-c2noc(CN(CCCO)CC(C)(C)C)n2)cc1. The Morgan fingerprint density at radius 1 is 1.17 bits per heavy atom. The molecule has 1 aromatic carbocycles. The minimum atomic E-state index is 0.175. The topological polar surface area (TPSA) is 62.4 Å². The van der Waals surface area contributed by atoms with E-state index in [1.807, 2.05) is 12.1 Å². The summed E-state index contributed by atoms with van der Waals surface area (Å²) in [5.74, 6) is 1.25. The van der Waals surface area contributed by atoms with E-state index in [0.717, 1.165) is 31.5 Å². The smallest absolute Gasteiger partial charge is 0.241 e. The van der Waals surface area contributed by atoms with Gasteiger partial charge in [0.1, 0.15) is 0 Å². The van der Waals surface area contributed by atoms with E-state index in [4.69, 9.17) is 9.63 Å². The van der Waals surface area contributed by atoms with Gasteiger partial charge in [-0.3, -0.25) is 4.90 Å². The van der Waals surface area contributed by atoms with Crippen molar-refractivity contribution in [2.75, 3.05) is 19.7 Å². The van der Waals surface area contributed by atoms with Crippen molar-refractivity contribution in [1.29, 1.82) is 0 Å². The molecule has 2 aromatic rings. The van der Waals surface area contributed by atoms with Gasteiger partial charge in [0, 0.05) is 25.3 Å². The number of aliphatic hydroxyl groups is 1. The molecule has 132 valence electrons. The summed E-state index contributed by atoms with van der Waals surface area (Å²) in [6, 6.07) is 8.26. The monoisotopic (exact) mass is 331 g/mol. The number of aliphatic hydroxyl groups excluding tert-OH is 1. The van der Waals surface area contributed by atoms with Gasteiger partial charge in [-0.25, -0.2) is 0 Å². The molecule has 5 heteroatoms. The number of hydrogen-bond donors (Lipinski definition) is 1. The number of rotatable bonds is 8. The van der Waals surface area contributed by atoms with Crippen molar-refractivity contribution in [2.45, 2.75) is 47.1 Å². The summed E-state index contributed by atoms with van der Waals surface area (Å²) in [7, 11) is 0. The van der Waals surface area contributed by atoms with Gasteiger partial charge in [-0.1, -0.05) is 57.1 Å². The lowest BCUT2D eigenvalue weighted by Gasteiger charge is -2.28. The molecule has 0 unspecified atom stereocenters. The highest BCUT2D eigenvalue weighted by atomic mass is 16.5. The van der Waals surface area contributed by atoms with E-state index in [2.05, 4.69) is 54.9 Å². The van der Waals surface area contributed by atoms with Gasteiger partial charge in [0.05, 0.1) is 6.54 Å². The molecular formula is C19H29N3O2. The fourth-order valence-electron chi connectivity index (χ4n) is 2.70. The van der Waals surface area contributed by atoms with E-state index in [0.29, 0.717) is 18.3 Å². The van der Waals surface area contributed by atoms with Gasteiger partial charge in [-0.05, 0) is 23.8 Å². The number of hydrogen-bond acceptors (Lipinski definition) is 5. The summed E-state index contributed by atoms with van der Waals surface area (Å²) in [6.07, 6.45) is 1.76. The zero-order chi connectivity index (χ0) is 17.6. The Balaban J connectivity index is 2.06. The molecule has 0 radical (unpaired) electrons. The maximum Gasteiger partial charge on any atom is 0.241 e. The first kappa shape index (κ1) is 18.6. The first-order valence-corrected chi connectivity index (χ1v) is 8.66. The first-order chi connectivity index (χ1) is 11.4. The summed E-state index contributed by atoms with van der Waals surface area (Å²) in [6.45, 7) is 11.3. The molecule has 1 heterocycles. The molecule has 2 rings (SSSR count). The molecule has 5 nitrogen and oxygen atoms in total. The number of benzene rings is 1. The molecule has 0 aliphatic heterocycles. The Kier molecular flexibility index (Phi) is 6.52. The van der Waals surface area contributed by atoms with Crippen molar-refractivity contribution >= 4 is 0 Å². The summed E-state index contributed by atoms with van der Waals surface area (Å²) < 4.78 is 5.44. The second-order valence-corrected chi connectivity index (χ2v) is 7.41. The third-order valence-electron chi connectivity index (χ3n) is 3.78.